The van der Waals surface area contributed by atoms with Crippen molar-refractivity contribution in [1.29, 1.82) is 0 Å². The van der Waals surface area contributed by atoms with Crippen molar-refractivity contribution < 1.29 is 17.6 Å². The van der Waals surface area contributed by atoms with Crippen molar-refractivity contribution in [3.05, 3.63) is 35.6 Å². The first kappa shape index (κ1) is 15.9. The van der Waals surface area contributed by atoms with E-state index in [-0.39, 0.29) is 37.9 Å². The Bertz CT molecular complexity index is 633. The van der Waals surface area contributed by atoms with Crippen molar-refractivity contribution >= 4 is 16.1 Å². The van der Waals surface area contributed by atoms with Crippen LogP contribution >= 0.6 is 0 Å². The van der Waals surface area contributed by atoms with Gasteiger partial charge in [0.2, 0.25) is 5.91 Å². The van der Waals surface area contributed by atoms with Gasteiger partial charge in [-0.1, -0.05) is 18.2 Å². The number of amides is 1. The lowest BCUT2D eigenvalue weighted by atomic mass is 10.2. The maximum Gasteiger partial charge on any atom is 0.282 e. The van der Waals surface area contributed by atoms with Gasteiger partial charge in [-0.3, -0.25) is 4.79 Å². The van der Waals surface area contributed by atoms with Gasteiger partial charge in [0.1, 0.15) is 5.82 Å². The van der Waals surface area contributed by atoms with Crippen molar-refractivity contribution in [1.82, 2.24) is 13.5 Å². The van der Waals surface area contributed by atoms with E-state index < -0.39 is 10.2 Å². The van der Waals surface area contributed by atoms with Gasteiger partial charge in [0, 0.05) is 39.3 Å². The summed E-state index contributed by atoms with van der Waals surface area (Å²) in [6.45, 7) is 0.400. The van der Waals surface area contributed by atoms with Crippen LogP contribution in [0.3, 0.4) is 0 Å². The average Bonchev–Trinajstić information content (AvgIpc) is 2.43. The van der Waals surface area contributed by atoms with Gasteiger partial charge in [0.25, 0.3) is 10.2 Å². The standard InChI is InChI=1S/C13H18FN3O3S/c1-15(2)21(19,20)17-8-7-16(13(18)10-17)9-11-5-3-4-6-12(11)14/h3-6H,7-10H2,1-2H3. The molecule has 1 aliphatic heterocycles. The number of rotatable bonds is 4. The zero-order chi connectivity index (χ0) is 15.6. The number of nitrogens with zero attached hydrogens (tertiary/aromatic N) is 3. The highest BCUT2D eigenvalue weighted by molar-refractivity contribution is 7.86. The Morgan fingerprint density at radius 1 is 1.24 bits per heavy atom. The van der Waals surface area contributed by atoms with Gasteiger partial charge < -0.3 is 4.90 Å². The van der Waals surface area contributed by atoms with Crippen LogP contribution in [0.15, 0.2) is 24.3 Å². The molecule has 1 saturated heterocycles. The number of piperazine rings is 1. The SMILES string of the molecule is CN(C)S(=O)(=O)N1CCN(Cc2ccccc2F)C(=O)C1. The van der Waals surface area contributed by atoms with Crippen LogP contribution < -0.4 is 0 Å². The van der Waals surface area contributed by atoms with Gasteiger partial charge in [-0.2, -0.15) is 17.0 Å². The number of hydrogen-bond donors (Lipinski definition) is 0. The Morgan fingerprint density at radius 3 is 2.48 bits per heavy atom. The number of carbonyl (C=O) groups is 1. The highest BCUT2D eigenvalue weighted by atomic mass is 32.2. The number of benzene rings is 1. The molecule has 1 amide bonds. The summed E-state index contributed by atoms with van der Waals surface area (Å²) in [5, 5.41) is 0. The molecule has 116 valence electrons. The van der Waals surface area contributed by atoms with Crippen molar-refractivity contribution in [2.75, 3.05) is 33.7 Å². The minimum Gasteiger partial charge on any atom is -0.336 e. The molecule has 0 saturated carbocycles. The first-order valence-electron chi connectivity index (χ1n) is 6.51. The lowest BCUT2D eigenvalue weighted by Crippen LogP contribution is -2.54. The highest BCUT2D eigenvalue weighted by Gasteiger charge is 2.33. The first-order valence-corrected chi connectivity index (χ1v) is 7.91. The summed E-state index contributed by atoms with van der Waals surface area (Å²) in [5.41, 5.74) is 0.426. The monoisotopic (exact) mass is 315 g/mol. The van der Waals surface area contributed by atoms with E-state index in [0.717, 1.165) is 8.61 Å². The molecular formula is C13H18FN3O3S. The molecule has 1 aromatic carbocycles. The van der Waals surface area contributed by atoms with Gasteiger partial charge in [0.05, 0.1) is 6.54 Å². The van der Waals surface area contributed by atoms with Crippen LogP contribution in [0.25, 0.3) is 0 Å². The average molecular weight is 315 g/mol. The molecule has 0 aromatic heterocycles. The third-order valence-electron chi connectivity index (χ3n) is 3.39. The summed E-state index contributed by atoms with van der Waals surface area (Å²) in [5.74, 6) is -0.691. The fourth-order valence-corrected chi connectivity index (χ4v) is 3.16. The summed E-state index contributed by atoms with van der Waals surface area (Å²) in [7, 11) is -0.748. The number of hydrogen-bond acceptors (Lipinski definition) is 3. The van der Waals surface area contributed by atoms with E-state index in [1.807, 2.05) is 0 Å². The number of halogens is 1. The molecule has 0 aliphatic carbocycles. The lowest BCUT2D eigenvalue weighted by molar-refractivity contribution is -0.134. The fourth-order valence-electron chi connectivity index (χ4n) is 2.11. The minimum absolute atomic E-state index is 0.154. The Labute approximate surface area is 123 Å². The van der Waals surface area contributed by atoms with E-state index >= 15 is 0 Å². The maximum absolute atomic E-state index is 13.6. The molecule has 0 spiro atoms. The Kier molecular flexibility index (Phi) is 4.60. The zero-order valence-corrected chi connectivity index (χ0v) is 12.8. The molecule has 0 bridgehead atoms. The van der Waals surface area contributed by atoms with Crippen LogP contribution in [0.4, 0.5) is 4.39 Å². The summed E-state index contributed by atoms with van der Waals surface area (Å²) >= 11 is 0. The smallest absolute Gasteiger partial charge is 0.282 e. The zero-order valence-electron chi connectivity index (χ0n) is 12.0. The highest BCUT2D eigenvalue weighted by Crippen LogP contribution is 2.15. The van der Waals surface area contributed by atoms with E-state index in [1.54, 1.807) is 18.2 Å². The molecule has 21 heavy (non-hydrogen) atoms. The van der Waals surface area contributed by atoms with E-state index in [1.165, 1.54) is 25.1 Å². The van der Waals surface area contributed by atoms with Crippen LogP contribution in [0.5, 0.6) is 0 Å². The molecule has 0 unspecified atom stereocenters. The van der Waals surface area contributed by atoms with Crippen LogP contribution in [0, 0.1) is 5.82 Å². The van der Waals surface area contributed by atoms with Gasteiger partial charge in [-0.05, 0) is 6.07 Å². The third kappa shape index (κ3) is 3.39. The lowest BCUT2D eigenvalue weighted by Gasteiger charge is -2.34. The van der Waals surface area contributed by atoms with Crippen molar-refractivity contribution in [2.45, 2.75) is 6.54 Å². The molecule has 8 heteroatoms. The Balaban J connectivity index is 2.06. The van der Waals surface area contributed by atoms with Crippen LogP contribution in [0.2, 0.25) is 0 Å². The predicted molar refractivity (Wildman–Crippen MR) is 76.0 cm³/mol. The Morgan fingerprint density at radius 2 is 1.90 bits per heavy atom. The van der Waals surface area contributed by atoms with E-state index in [0.29, 0.717) is 5.56 Å². The molecule has 1 heterocycles. The maximum atomic E-state index is 13.6. The molecule has 0 N–H and O–H groups in total. The van der Waals surface area contributed by atoms with Gasteiger partial charge >= 0.3 is 0 Å². The molecule has 1 aliphatic rings. The summed E-state index contributed by atoms with van der Waals surface area (Å²) in [6.07, 6.45) is 0. The molecule has 2 rings (SSSR count). The van der Waals surface area contributed by atoms with Crippen molar-refractivity contribution in [2.24, 2.45) is 0 Å². The van der Waals surface area contributed by atoms with Crippen LogP contribution in [-0.4, -0.2) is 61.6 Å². The van der Waals surface area contributed by atoms with Crippen molar-refractivity contribution in [3.63, 3.8) is 0 Å². The minimum atomic E-state index is -3.59. The first-order chi connectivity index (χ1) is 9.82. The molecule has 0 radical (unpaired) electrons. The second-order valence-corrected chi connectivity index (χ2v) is 7.17. The molecule has 1 fully saturated rings. The second-order valence-electron chi connectivity index (χ2n) is 5.03. The van der Waals surface area contributed by atoms with E-state index in [2.05, 4.69) is 0 Å². The largest absolute Gasteiger partial charge is 0.336 e. The van der Waals surface area contributed by atoms with E-state index in [9.17, 15) is 17.6 Å². The van der Waals surface area contributed by atoms with Gasteiger partial charge in [0.15, 0.2) is 0 Å². The normalized spacial score (nSPS) is 17.5. The van der Waals surface area contributed by atoms with E-state index in [4.69, 9.17) is 0 Å². The molecular weight excluding hydrogens is 297 g/mol. The predicted octanol–water partition coefficient (Wildman–Crippen LogP) is 0.276. The summed E-state index contributed by atoms with van der Waals surface area (Å²) < 4.78 is 39.7. The molecule has 6 nitrogen and oxygen atoms in total. The number of carbonyl (C=O) groups excluding carboxylic acids is 1. The Hall–Kier alpha value is -1.51. The van der Waals surface area contributed by atoms with Crippen LogP contribution in [0.1, 0.15) is 5.56 Å². The van der Waals surface area contributed by atoms with Gasteiger partial charge in [-0.15, -0.1) is 0 Å². The quantitative estimate of drug-likeness (QED) is 0.802. The van der Waals surface area contributed by atoms with Gasteiger partial charge in [-0.25, -0.2) is 4.39 Å². The van der Waals surface area contributed by atoms with Crippen molar-refractivity contribution in [3.8, 4) is 0 Å². The fraction of sp³-hybridized carbons (Fsp3) is 0.462. The summed E-state index contributed by atoms with van der Waals surface area (Å²) in [6, 6.07) is 6.25. The van der Waals surface area contributed by atoms with Crippen LogP contribution in [-0.2, 0) is 21.5 Å². The third-order valence-corrected chi connectivity index (χ3v) is 5.28. The second kappa shape index (κ2) is 6.08. The molecule has 0 atom stereocenters. The topological polar surface area (TPSA) is 60.9 Å². The summed E-state index contributed by atoms with van der Waals surface area (Å²) in [4.78, 5) is 13.5. The molecule has 1 aromatic rings.